The van der Waals surface area contributed by atoms with Crippen molar-refractivity contribution in [3.63, 3.8) is 0 Å². The van der Waals surface area contributed by atoms with Crippen molar-refractivity contribution >= 4 is 11.3 Å². The number of aliphatic hydroxyl groups is 1. The van der Waals surface area contributed by atoms with Crippen molar-refractivity contribution in [2.45, 2.75) is 38.7 Å². The highest BCUT2D eigenvalue weighted by Gasteiger charge is 2.22. The molecule has 1 heterocycles. The summed E-state index contributed by atoms with van der Waals surface area (Å²) in [4.78, 5) is 5.93. The number of nitrogens with zero attached hydrogens (tertiary/aromatic N) is 1. The van der Waals surface area contributed by atoms with Gasteiger partial charge in [-0.05, 0) is 37.3 Å². The maximum atomic E-state index is 9.94. The van der Waals surface area contributed by atoms with Gasteiger partial charge in [-0.25, -0.2) is 4.98 Å². The van der Waals surface area contributed by atoms with Gasteiger partial charge in [0.15, 0.2) is 0 Å². The molecule has 1 aliphatic carbocycles. The largest absolute Gasteiger partial charge is 0.387 e. The molecule has 3 heteroatoms. The smallest absolute Gasteiger partial charge is 0.0976 e. The summed E-state index contributed by atoms with van der Waals surface area (Å²) in [5.74, 6) is 0. The predicted octanol–water partition coefficient (Wildman–Crippen LogP) is 3.41. The maximum absolute atomic E-state index is 9.94. The third-order valence-corrected chi connectivity index (χ3v) is 4.70. The number of hydrogen-bond acceptors (Lipinski definition) is 3. The summed E-state index contributed by atoms with van der Waals surface area (Å²) in [5.41, 5.74) is 3.58. The molecule has 2 nitrogen and oxygen atoms in total. The number of hydrogen-bond donors (Lipinski definition) is 1. The number of aliphatic hydroxyl groups excluding tert-OH is 1. The van der Waals surface area contributed by atoms with Crippen LogP contribution in [0, 0.1) is 6.92 Å². The second-order valence-electron chi connectivity index (χ2n) is 4.93. The fourth-order valence-electron chi connectivity index (χ4n) is 2.49. The van der Waals surface area contributed by atoms with Gasteiger partial charge in [0.05, 0.1) is 16.8 Å². The second-order valence-corrected chi connectivity index (χ2v) is 6.10. The Balaban J connectivity index is 1.88. The van der Waals surface area contributed by atoms with Crippen LogP contribution < -0.4 is 0 Å². The van der Waals surface area contributed by atoms with Crippen LogP contribution in [0.25, 0.3) is 0 Å². The van der Waals surface area contributed by atoms with Crippen molar-refractivity contribution in [2.75, 3.05) is 0 Å². The monoisotopic (exact) mass is 259 g/mol. The van der Waals surface area contributed by atoms with Gasteiger partial charge in [0, 0.05) is 11.3 Å². The Bertz CT molecular complexity index is 561. The van der Waals surface area contributed by atoms with Gasteiger partial charge in [-0.1, -0.05) is 24.3 Å². The zero-order valence-electron chi connectivity index (χ0n) is 10.5. The topological polar surface area (TPSA) is 33.1 Å². The van der Waals surface area contributed by atoms with E-state index in [1.165, 1.54) is 16.0 Å². The molecule has 0 bridgehead atoms. The Labute approximate surface area is 111 Å². The summed E-state index contributed by atoms with van der Waals surface area (Å²) in [6, 6.07) is 8.43. The molecule has 1 N–H and O–H groups in total. The molecule has 1 aromatic carbocycles. The van der Waals surface area contributed by atoms with E-state index < -0.39 is 0 Å². The van der Waals surface area contributed by atoms with Gasteiger partial charge in [-0.15, -0.1) is 11.3 Å². The van der Waals surface area contributed by atoms with Gasteiger partial charge in [-0.2, -0.15) is 0 Å². The van der Waals surface area contributed by atoms with Crippen molar-refractivity contribution in [2.24, 2.45) is 0 Å². The van der Waals surface area contributed by atoms with E-state index in [2.05, 4.69) is 36.2 Å². The van der Waals surface area contributed by atoms with Crippen molar-refractivity contribution < 1.29 is 5.11 Å². The van der Waals surface area contributed by atoms with Crippen LogP contribution in [-0.4, -0.2) is 10.1 Å². The van der Waals surface area contributed by atoms with E-state index in [0.717, 1.165) is 36.4 Å². The van der Waals surface area contributed by atoms with E-state index >= 15 is 0 Å². The lowest BCUT2D eigenvalue weighted by atomic mass is 10.0. The molecule has 1 atom stereocenters. The standard InChI is InChI=1S/C15H17NOS/c1-10-5-2-3-6-11(10)9-14-16-15-12(17)7-4-8-13(15)18-14/h2-3,5-6,12,17H,4,7-9H2,1H3. The van der Waals surface area contributed by atoms with E-state index in [1.54, 1.807) is 11.3 Å². The molecular weight excluding hydrogens is 242 g/mol. The minimum Gasteiger partial charge on any atom is -0.387 e. The summed E-state index contributed by atoms with van der Waals surface area (Å²) < 4.78 is 0. The summed E-state index contributed by atoms with van der Waals surface area (Å²) in [6.45, 7) is 2.14. The fraction of sp³-hybridized carbons (Fsp3) is 0.400. The molecule has 0 aliphatic heterocycles. The first kappa shape index (κ1) is 11.9. The highest BCUT2D eigenvalue weighted by atomic mass is 32.1. The van der Waals surface area contributed by atoms with Crippen LogP contribution in [0.2, 0.25) is 0 Å². The zero-order valence-corrected chi connectivity index (χ0v) is 11.3. The Morgan fingerprint density at radius 3 is 3.00 bits per heavy atom. The summed E-state index contributed by atoms with van der Waals surface area (Å²) in [6.07, 6.45) is 3.57. The first-order valence-electron chi connectivity index (χ1n) is 6.45. The maximum Gasteiger partial charge on any atom is 0.0976 e. The Morgan fingerprint density at radius 1 is 1.39 bits per heavy atom. The Hall–Kier alpha value is -1.19. The van der Waals surface area contributed by atoms with E-state index in [-0.39, 0.29) is 6.10 Å². The molecule has 94 valence electrons. The number of benzene rings is 1. The highest BCUT2D eigenvalue weighted by molar-refractivity contribution is 7.11. The van der Waals surface area contributed by atoms with Gasteiger partial charge >= 0.3 is 0 Å². The molecule has 2 aromatic rings. The van der Waals surface area contributed by atoms with E-state index in [9.17, 15) is 5.11 Å². The molecule has 0 saturated carbocycles. The predicted molar refractivity (Wildman–Crippen MR) is 74.0 cm³/mol. The van der Waals surface area contributed by atoms with Gasteiger partial charge in [0.1, 0.15) is 0 Å². The first-order chi connectivity index (χ1) is 8.74. The fourth-order valence-corrected chi connectivity index (χ4v) is 3.68. The molecule has 0 fully saturated rings. The third-order valence-electron chi connectivity index (χ3n) is 3.57. The van der Waals surface area contributed by atoms with Crippen LogP contribution in [0.1, 0.15) is 45.7 Å². The quantitative estimate of drug-likeness (QED) is 0.896. The highest BCUT2D eigenvalue weighted by Crippen LogP contribution is 2.33. The van der Waals surface area contributed by atoms with Crippen molar-refractivity contribution in [3.05, 3.63) is 51.0 Å². The molecule has 0 saturated heterocycles. The SMILES string of the molecule is Cc1ccccc1Cc1nc2c(s1)CCCC2O. The number of thiazole rings is 1. The van der Waals surface area contributed by atoms with Gasteiger partial charge < -0.3 is 5.11 Å². The molecule has 3 rings (SSSR count). The van der Waals surface area contributed by atoms with Crippen LogP contribution in [-0.2, 0) is 12.8 Å². The first-order valence-corrected chi connectivity index (χ1v) is 7.27. The number of rotatable bonds is 2. The molecule has 1 unspecified atom stereocenters. The van der Waals surface area contributed by atoms with Crippen LogP contribution >= 0.6 is 11.3 Å². The molecule has 0 radical (unpaired) electrons. The number of fused-ring (bicyclic) bond motifs is 1. The van der Waals surface area contributed by atoms with E-state index in [1.807, 2.05) is 0 Å². The average Bonchev–Trinajstić information content (AvgIpc) is 2.76. The minimum absolute atomic E-state index is 0.337. The normalized spacial score (nSPS) is 18.7. The summed E-state index contributed by atoms with van der Waals surface area (Å²) in [5, 5.41) is 11.1. The van der Waals surface area contributed by atoms with Crippen LogP contribution in [0.4, 0.5) is 0 Å². The van der Waals surface area contributed by atoms with Crippen LogP contribution in [0.3, 0.4) is 0 Å². The average molecular weight is 259 g/mol. The van der Waals surface area contributed by atoms with Crippen LogP contribution in [0.15, 0.2) is 24.3 Å². The van der Waals surface area contributed by atoms with Crippen molar-refractivity contribution in [1.29, 1.82) is 0 Å². The second kappa shape index (κ2) is 4.82. The molecule has 1 aliphatic rings. The summed E-state index contributed by atoms with van der Waals surface area (Å²) >= 11 is 1.77. The Morgan fingerprint density at radius 2 is 2.22 bits per heavy atom. The lowest BCUT2D eigenvalue weighted by Crippen LogP contribution is -2.07. The molecule has 1 aromatic heterocycles. The summed E-state index contributed by atoms with van der Waals surface area (Å²) in [7, 11) is 0. The minimum atomic E-state index is -0.337. The number of aryl methyl sites for hydroxylation is 2. The van der Waals surface area contributed by atoms with Crippen LogP contribution in [0.5, 0.6) is 0 Å². The van der Waals surface area contributed by atoms with Crippen molar-refractivity contribution in [3.8, 4) is 0 Å². The van der Waals surface area contributed by atoms with Gasteiger partial charge in [-0.3, -0.25) is 0 Å². The number of aromatic nitrogens is 1. The molecule has 0 spiro atoms. The molecular formula is C15H17NOS. The molecule has 0 amide bonds. The molecule has 18 heavy (non-hydrogen) atoms. The Kier molecular flexibility index (Phi) is 3.18. The van der Waals surface area contributed by atoms with Gasteiger partial charge in [0.25, 0.3) is 0 Å². The third kappa shape index (κ3) is 2.20. The lowest BCUT2D eigenvalue weighted by Gasteiger charge is -2.14. The van der Waals surface area contributed by atoms with E-state index in [0.29, 0.717) is 0 Å². The van der Waals surface area contributed by atoms with E-state index in [4.69, 9.17) is 0 Å². The zero-order chi connectivity index (χ0) is 12.5. The van der Waals surface area contributed by atoms with Crippen molar-refractivity contribution in [1.82, 2.24) is 4.98 Å². The lowest BCUT2D eigenvalue weighted by molar-refractivity contribution is 0.153. The van der Waals surface area contributed by atoms with Gasteiger partial charge in [0.2, 0.25) is 0 Å².